The Kier molecular flexibility index (Phi) is 5.60. The first-order valence-electron chi connectivity index (χ1n) is 7.63. The van der Waals surface area contributed by atoms with E-state index in [0.717, 1.165) is 12.5 Å². The highest BCUT2D eigenvalue weighted by Crippen LogP contribution is 2.26. The van der Waals surface area contributed by atoms with Gasteiger partial charge in [-0.1, -0.05) is 25.5 Å². The normalized spacial score (nSPS) is 22.5. The molecule has 110 valence electrons. The summed E-state index contributed by atoms with van der Waals surface area (Å²) in [4.78, 5) is 11.4. The summed E-state index contributed by atoms with van der Waals surface area (Å²) in [6, 6.07) is 8.31. The Morgan fingerprint density at radius 3 is 2.40 bits per heavy atom. The molecule has 0 spiro atoms. The van der Waals surface area contributed by atoms with Crippen LogP contribution in [0.15, 0.2) is 24.3 Å². The van der Waals surface area contributed by atoms with Crippen molar-refractivity contribution in [3.05, 3.63) is 35.4 Å². The Morgan fingerprint density at radius 2 is 1.85 bits per heavy atom. The van der Waals surface area contributed by atoms with Gasteiger partial charge in [0.05, 0.1) is 12.7 Å². The van der Waals surface area contributed by atoms with E-state index in [1.165, 1.54) is 44.8 Å². The molecule has 3 heteroatoms. The molecule has 0 radical (unpaired) electrons. The maximum Gasteiger partial charge on any atom is 0.337 e. The third-order valence-corrected chi connectivity index (χ3v) is 4.39. The molecular weight excluding hydrogens is 250 g/mol. The smallest absolute Gasteiger partial charge is 0.337 e. The van der Waals surface area contributed by atoms with Crippen molar-refractivity contribution in [2.75, 3.05) is 7.11 Å². The number of esters is 1. The Balaban J connectivity index is 1.78. The van der Waals surface area contributed by atoms with Gasteiger partial charge >= 0.3 is 5.97 Å². The summed E-state index contributed by atoms with van der Waals surface area (Å²) in [6.45, 7) is 3.17. The number of carbonyl (C=O) groups excluding carboxylic acids is 1. The predicted molar refractivity (Wildman–Crippen MR) is 80.7 cm³/mol. The number of nitrogens with one attached hydrogen (secondary N) is 1. The molecule has 0 saturated heterocycles. The summed E-state index contributed by atoms with van der Waals surface area (Å²) in [6.07, 6.45) is 6.62. The van der Waals surface area contributed by atoms with Gasteiger partial charge in [0.25, 0.3) is 0 Å². The van der Waals surface area contributed by atoms with Crippen LogP contribution in [0.5, 0.6) is 0 Å². The lowest BCUT2D eigenvalue weighted by atomic mass is 9.84. The molecule has 1 aromatic rings. The van der Waals surface area contributed by atoms with Gasteiger partial charge in [-0.25, -0.2) is 4.79 Å². The van der Waals surface area contributed by atoms with Crippen LogP contribution in [0, 0.1) is 5.92 Å². The fourth-order valence-electron chi connectivity index (χ4n) is 2.91. The van der Waals surface area contributed by atoms with Crippen LogP contribution >= 0.6 is 0 Å². The number of methoxy groups -OCH3 is 1. The monoisotopic (exact) mass is 275 g/mol. The lowest BCUT2D eigenvalue weighted by molar-refractivity contribution is 0.0600. The average molecular weight is 275 g/mol. The maximum absolute atomic E-state index is 11.4. The van der Waals surface area contributed by atoms with E-state index >= 15 is 0 Å². The molecule has 1 fully saturated rings. The summed E-state index contributed by atoms with van der Waals surface area (Å²) in [5.41, 5.74) is 1.83. The fourth-order valence-corrected chi connectivity index (χ4v) is 2.91. The molecular formula is C17H25NO2. The van der Waals surface area contributed by atoms with Gasteiger partial charge in [0, 0.05) is 12.6 Å². The molecule has 0 aliphatic heterocycles. The minimum Gasteiger partial charge on any atom is -0.465 e. The molecule has 0 bridgehead atoms. The van der Waals surface area contributed by atoms with E-state index in [9.17, 15) is 4.79 Å². The molecule has 20 heavy (non-hydrogen) atoms. The number of ether oxygens (including phenoxy) is 1. The highest BCUT2D eigenvalue weighted by Gasteiger charge is 2.19. The number of hydrogen-bond donors (Lipinski definition) is 1. The molecule has 1 aromatic carbocycles. The van der Waals surface area contributed by atoms with Crippen molar-refractivity contribution in [2.45, 2.75) is 51.6 Å². The summed E-state index contributed by atoms with van der Waals surface area (Å²) >= 11 is 0. The molecule has 1 N–H and O–H groups in total. The predicted octanol–water partition coefficient (Wildman–Crippen LogP) is 3.53. The standard InChI is InChI=1S/C17H25NO2/c1-3-13-6-10-16(11-7-13)18-12-14-4-8-15(9-5-14)17(19)20-2/h4-5,8-9,13,16,18H,3,6-7,10-12H2,1-2H3. The first-order chi connectivity index (χ1) is 9.72. The van der Waals surface area contributed by atoms with Crippen LogP contribution in [0.2, 0.25) is 0 Å². The van der Waals surface area contributed by atoms with Crippen LogP contribution in [0.25, 0.3) is 0 Å². The van der Waals surface area contributed by atoms with Crippen molar-refractivity contribution in [3.63, 3.8) is 0 Å². The highest BCUT2D eigenvalue weighted by atomic mass is 16.5. The summed E-state index contributed by atoms with van der Waals surface area (Å²) in [5, 5.41) is 3.63. The van der Waals surface area contributed by atoms with Gasteiger partial charge in [-0.15, -0.1) is 0 Å². The zero-order chi connectivity index (χ0) is 14.4. The minimum atomic E-state index is -0.276. The van der Waals surface area contributed by atoms with Crippen LogP contribution in [0.3, 0.4) is 0 Å². The Bertz CT molecular complexity index is 419. The molecule has 1 saturated carbocycles. The van der Waals surface area contributed by atoms with Gasteiger partial charge in [0.15, 0.2) is 0 Å². The summed E-state index contributed by atoms with van der Waals surface area (Å²) in [5.74, 6) is 0.662. The number of rotatable bonds is 5. The number of hydrogen-bond acceptors (Lipinski definition) is 3. The Labute approximate surface area is 121 Å². The third kappa shape index (κ3) is 4.07. The molecule has 3 nitrogen and oxygen atoms in total. The minimum absolute atomic E-state index is 0.276. The highest BCUT2D eigenvalue weighted by molar-refractivity contribution is 5.89. The van der Waals surface area contributed by atoms with E-state index in [-0.39, 0.29) is 5.97 Å². The van der Waals surface area contributed by atoms with Gasteiger partial charge in [-0.05, 0) is 49.3 Å². The Morgan fingerprint density at radius 1 is 1.20 bits per heavy atom. The van der Waals surface area contributed by atoms with Crippen molar-refractivity contribution >= 4 is 5.97 Å². The van der Waals surface area contributed by atoms with E-state index in [4.69, 9.17) is 4.74 Å². The zero-order valence-corrected chi connectivity index (χ0v) is 12.5. The van der Waals surface area contributed by atoms with Gasteiger partial charge in [-0.3, -0.25) is 0 Å². The molecule has 0 aromatic heterocycles. The van der Waals surface area contributed by atoms with Crippen molar-refractivity contribution in [1.82, 2.24) is 5.32 Å². The van der Waals surface area contributed by atoms with Crippen molar-refractivity contribution in [1.29, 1.82) is 0 Å². The SMILES string of the molecule is CCC1CCC(NCc2ccc(C(=O)OC)cc2)CC1. The average Bonchev–Trinajstić information content (AvgIpc) is 2.53. The number of carbonyl (C=O) groups is 1. The molecule has 0 atom stereocenters. The van der Waals surface area contributed by atoms with Crippen LogP contribution in [0.4, 0.5) is 0 Å². The van der Waals surface area contributed by atoms with E-state index in [1.54, 1.807) is 0 Å². The molecule has 1 aliphatic rings. The van der Waals surface area contributed by atoms with Crippen molar-refractivity contribution in [2.24, 2.45) is 5.92 Å². The van der Waals surface area contributed by atoms with Crippen LogP contribution in [0.1, 0.15) is 54.9 Å². The molecule has 0 heterocycles. The lowest BCUT2D eigenvalue weighted by Gasteiger charge is -2.28. The molecule has 1 aliphatic carbocycles. The first kappa shape index (κ1) is 15.0. The Hall–Kier alpha value is -1.35. The van der Waals surface area contributed by atoms with Crippen LogP contribution < -0.4 is 5.32 Å². The quantitative estimate of drug-likeness (QED) is 0.835. The second-order valence-electron chi connectivity index (χ2n) is 5.70. The van der Waals surface area contributed by atoms with E-state index in [2.05, 4.69) is 12.2 Å². The molecule has 2 rings (SSSR count). The van der Waals surface area contributed by atoms with Gasteiger partial charge in [0.1, 0.15) is 0 Å². The largest absolute Gasteiger partial charge is 0.465 e. The zero-order valence-electron chi connectivity index (χ0n) is 12.5. The van der Waals surface area contributed by atoms with Crippen molar-refractivity contribution < 1.29 is 9.53 Å². The first-order valence-corrected chi connectivity index (χ1v) is 7.63. The lowest BCUT2D eigenvalue weighted by Crippen LogP contribution is -2.32. The van der Waals surface area contributed by atoms with Crippen LogP contribution in [-0.2, 0) is 11.3 Å². The summed E-state index contributed by atoms with van der Waals surface area (Å²) in [7, 11) is 1.41. The fraction of sp³-hybridized carbons (Fsp3) is 0.588. The second-order valence-corrected chi connectivity index (χ2v) is 5.70. The summed E-state index contributed by atoms with van der Waals surface area (Å²) < 4.78 is 4.70. The van der Waals surface area contributed by atoms with Gasteiger partial charge in [0.2, 0.25) is 0 Å². The number of benzene rings is 1. The molecule has 0 amide bonds. The van der Waals surface area contributed by atoms with E-state index in [0.29, 0.717) is 11.6 Å². The van der Waals surface area contributed by atoms with Crippen molar-refractivity contribution in [3.8, 4) is 0 Å². The topological polar surface area (TPSA) is 38.3 Å². The molecule has 0 unspecified atom stereocenters. The maximum atomic E-state index is 11.4. The van der Waals surface area contributed by atoms with Gasteiger partial charge < -0.3 is 10.1 Å². The van der Waals surface area contributed by atoms with E-state index < -0.39 is 0 Å². The second kappa shape index (κ2) is 7.44. The van der Waals surface area contributed by atoms with Crippen LogP contribution in [-0.4, -0.2) is 19.1 Å². The third-order valence-electron chi connectivity index (χ3n) is 4.39. The van der Waals surface area contributed by atoms with Gasteiger partial charge in [-0.2, -0.15) is 0 Å². The van der Waals surface area contributed by atoms with E-state index in [1.807, 2.05) is 24.3 Å².